The predicted octanol–water partition coefficient (Wildman–Crippen LogP) is 2.55. The molecule has 28 heavy (non-hydrogen) atoms. The molecule has 8 nitrogen and oxygen atoms in total. The predicted molar refractivity (Wildman–Crippen MR) is 109 cm³/mol. The van der Waals surface area contributed by atoms with E-state index >= 15 is 0 Å². The Balaban J connectivity index is 2.21. The maximum atomic E-state index is 12.4. The van der Waals surface area contributed by atoms with E-state index in [2.05, 4.69) is 10.3 Å². The monoisotopic (exact) mass is 385 g/mol. The van der Waals surface area contributed by atoms with E-state index in [1.807, 2.05) is 56.5 Å². The van der Waals surface area contributed by atoms with E-state index in [4.69, 9.17) is 20.2 Å². The first-order valence-corrected chi connectivity index (χ1v) is 9.41. The first-order valence-electron chi connectivity index (χ1n) is 9.41. The molecule has 3 rings (SSSR count). The SMILES string of the molecule is CCOCC(=O)NC(C)(C)n1c(COCC)nc2c(N)nc3ccccc3c21. The van der Waals surface area contributed by atoms with Crippen molar-refractivity contribution in [2.75, 3.05) is 25.6 Å². The summed E-state index contributed by atoms with van der Waals surface area (Å²) < 4.78 is 12.8. The summed E-state index contributed by atoms with van der Waals surface area (Å²) in [6.45, 7) is 8.93. The van der Waals surface area contributed by atoms with Crippen LogP contribution in [0.5, 0.6) is 0 Å². The summed E-state index contributed by atoms with van der Waals surface area (Å²) in [5.74, 6) is 0.812. The third-order valence-electron chi connectivity index (χ3n) is 4.47. The lowest BCUT2D eigenvalue weighted by atomic mass is 10.1. The van der Waals surface area contributed by atoms with Crippen LogP contribution >= 0.6 is 0 Å². The molecule has 0 unspecified atom stereocenters. The fourth-order valence-corrected chi connectivity index (χ4v) is 3.37. The Hall–Kier alpha value is -2.71. The van der Waals surface area contributed by atoms with Gasteiger partial charge >= 0.3 is 0 Å². The molecule has 0 saturated heterocycles. The number of para-hydroxylation sites is 1. The summed E-state index contributed by atoms with van der Waals surface area (Å²) >= 11 is 0. The molecule has 2 heterocycles. The van der Waals surface area contributed by atoms with Crippen LogP contribution in [0.15, 0.2) is 24.3 Å². The molecule has 3 N–H and O–H groups in total. The highest BCUT2D eigenvalue weighted by atomic mass is 16.5. The van der Waals surface area contributed by atoms with Crippen molar-refractivity contribution in [3.8, 4) is 0 Å². The minimum Gasteiger partial charge on any atom is -0.382 e. The van der Waals surface area contributed by atoms with E-state index < -0.39 is 5.66 Å². The lowest BCUT2D eigenvalue weighted by Gasteiger charge is -2.31. The van der Waals surface area contributed by atoms with Crippen LogP contribution in [0.25, 0.3) is 21.9 Å². The molecule has 0 aliphatic heterocycles. The topological polar surface area (TPSA) is 104 Å². The van der Waals surface area contributed by atoms with Gasteiger partial charge < -0.3 is 25.1 Å². The second-order valence-corrected chi connectivity index (χ2v) is 6.96. The number of benzene rings is 1. The Morgan fingerprint density at radius 2 is 1.89 bits per heavy atom. The lowest BCUT2D eigenvalue weighted by molar-refractivity contribution is -0.128. The van der Waals surface area contributed by atoms with Gasteiger partial charge in [-0.25, -0.2) is 9.97 Å². The number of aromatic nitrogens is 3. The third-order valence-corrected chi connectivity index (χ3v) is 4.47. The maximum absolute atomic E-state index is 12.4. The zero-order valence-electron chi connectivity index (χ0n) is 16.8. The molecule has 0 radical (unpaired) electrons. The molecular formula is C20H27N5O3. The molecule has 0 saturated carbocycles. The molecule has 8 heteroatoms. The van der Waals surface area contributed by atoms with Gasteiger partial charge in [0, 0.05) is 18.6 Å². The van der Waals surface area contributed by atoms with Crippen molar-refractivity contribution >= 4 is 33.7 Å². The van der Waals surface area contributed by atoms with E-state index in [-0.39, 0.29) is 12.5 Å². The van der Waals surface area contributed by atoms with Gasteiger partial charge in [-0.2, -0.15) is 0 Å². The second kappa shape index (κ2) is 8.12. The average molecular weight is 385 g/mol. The average Bonchev–Trinajstić information content (AvgIpc) is 3.06. The summed E-state index contributed by atoms with van der Waals surface area (Å²) in [6.07, 6.45) is 0. The number of nitrogens with zero attached hydrogens (tertiary/aromatic N) is 3. The minimum atomic E-state index is -0.786. The zero-order chi connectivity index (χ0) is 20.3. The first kappa shape index (κ1) is 20.0. The van der Waals surface area contributed by atoms with Gasteiger partial charge in [-0.1, -0.05) is 18.2 Å². The van der Waals surface area contributed by atoms with Crippen molar-refractivity contribution in [2.45, 2.75) is 40.0 Å². The number of anilines is 1. The highest BCUT2D eigenvalue weighted by molar-refractivity contribution is 6.06. The molecule has 0 aliphatic rings. The van der Waals surface area contributed by atoms with E-state index in [9.17, 15) is 4.79 Å². The normalized spacial score (nSPS) is 12.0. The Bertz CT molecular complexity index is 996. The van der Waals surface area contributed by atoms with Crippen LogP contribution in [-0.4, -0.2) is 40.3 Å². The van der Waals surface area contributed by atoms with E-state index in [1.54, 1.807) is 0 Å². The standard InChI is InChI=1S/C20H27N5O3/c1-5-27-11-15-23-17-18(13-9-7-8-10-14(13)22-19(17)21)25(15)20(3,4)24-16(26)12-28-6-2/h7-10H,5-6,11-12H2,1-4H3,(H2,21,22)(H,24,26). The Morgan fingerprint density at radius 3 is 2.61 bits per heavy atom. The molecule has 1 amide bonds. The van der Waals surface area contributed by atoms with Gasteiger partial charge in [0.1, 0.15) is 30.2 Å². The number of imidazole rings is 1. The summed E-state index contributed by atoms with van der Waals surface area (Å²) in [6, 6.07) is 7.74. The number of carbonyl (C=O) groups is 1. The van der Waals surface area contributed by atoms with Crippen LogP contribution in [0, 0.1) is 0 Å². The number of nitrogens with one attached hydrogen (secondary N) is 1. The third kappa shape index (κ3) is 3.79. The number of ether oxygens (including phenoxy) is 2. The molecule has 0 spiro atoms. The van der Waals surface area contributed by atoms with Gasteiger partial charge in [0.15, 0.2) is 5.82 Å². The number of carbonyl (C=O) groups excluding carboxylic acids is 1. The van der Waals surface area contributed by atoms with Gasteiger partial charge in [0.05, 0.1) is 11.0 Å². The van der Waals surface area contributed by atoms with Gasteiger partial charge in [0.25, 0.3) is 0 Å². The number of nitrogen functional groups attached to an aromatic ring is 1. The van der Waals surface area contributed by atoms with Crippen molar-refractivity contribution in [3.05, 3.63) is 30.1 Å². The number of hydrogen-bond donors (Lipinski definition) is 2. The van der Waals surface area contributed by atoms with Gasteiger partial charge in [0.2, 0.25) is 5.91 Å². The van der Waals surface area contributed by atoms with Crippen LogP contribution < -0.4 is 11.1 Å². The molecule has 0 aliphatic carbocycles. The van der Waals surface area contributed by atoms with Crippen LogP contribution in [0.4, 0.5) is 5.82 Å². The first-order chi connectivity index (χ1) is 13.4. The number of nitrogens with two attached hydrogens (primary N) is 1. The fraction of sp³-hybridized carbons (Fsp3) is 0.450. The molecule has 0 fully saturated rings. The Morgan fingerprint density at radius 1 is 1.18 bits per heavy atom. The van der Waals surface area contributed by atoms with Gasteiger partial charge in [-0.3, -0.25) is 4.79 Å². The number of fused-ring (bicyclic) bond motifs is 3. The summed E-state index contributed by atoms with van der Waals surface area (Å²) in [5.41, 5.74) is 7.61. The zero-order valence-corrected chi connectivity index (χ0v) is 16.8. The molecule has 0 atom stereocenters. The van der Waals surface area contributed by atoms with Crippen LogP contribution in [0.1, 0.15) is 33.5 Å². The van der Waals surface area contributed by atoms with Crippen molar-refractivity contribution in [3.63, 3.8) is 0 Å². The molecule has 3 aromatic rings. The molecule has 1 aromatic carbocycles. The van der Waals surface area contributed by atoms with Crippen LogP contribution in [0.2, 0.25) is 0 Å². The molecular weight excluding hydrogens is 358 g/mol. The van der Waals surface area contributed by atoms with Crippen molar-refractivity contribution < 1.29 is 14.3 Å². The smallest absolute Gasteiger partial charge is 0.247 e. The Labute approximate surface area is 164 Å². The number of hydrogen-bond acceptors (Lipinski definition) is 6. The van der Waals surface area contributed by atoms with Gasteiger partial charge in [-0.15, -0.1) is 0 Å². The van der Waals surface area contributed by atoms with Crippen LogP contribution in [0.3, 0.4) is 0 Å². The summed E-state index contributed by atoms with van der Waals surface area (Å²) in [5, 5.41) is 3.94. The quantitative estimate of drug-likeness (QED) is 0.617. The van der Waals surface area contributed by atoms with E-state index in [1.165, 1.54) is 0 Å². The van der Waals surface area contributed by atoms with E-state index in [0.29, 0.717) is 37.0 Å². The second-order valence-electron chi connectivity index (χ2n) is 6.96. The largest absolute Gasteiger partial charge is 0.382 e. The minimum absolute atomic E-state index is 0.00219. The highest BCUT2D eigenvalue weighted by Crippen LogP contribution is 2.32. The number of amides is 1. The summed E-state index contributed by atoms with van der Waals surface area (Å²) in [4.78, 5) is 21.5. The number of rotatable bonds is 8. The van der Waals surface area contributed by atoms with Crippen molar-refractivity contribution in [2.24, 2.45) is 0 Å². The van der Waals surface area contributed by atoms with Gasteiger partial charge in [-0.05, 0) is 33.8 Å². The van der Waals surface area contributed by atoms with Crippen LogP contribution in [-0.2, 0) is 26.5 Å². The van der Waals surface area contributed by atoms with Crippen molar-refractivity contribution in [1.82, 2.24) is 19.9 Å². The van der Waals surface area contributed by atoms with E-state index in [0.717, 1.165) is 16.4 Å². The number of pyridine rings is 1. The maximum Gasteiger partial charge on any atom is 0.247 e. The Kier molecular flexibility index (Phi) is 5.81. The fourth-order valence-electron chi connectivity index (χ4n) is 3.37. The molecule has 0 bridgehead atoms. The van der Waals surface area contributed by atoms with Crippen molar-refractivity contribution in [1.29, 1.82) is 0 Å². The molecule has 2 aromatic heterocycles. The molecule has 150 valence electrons. The lowest BCUT2D eigenvalue weighted by Crippen LogP contribution is -2.47. The highest BCUT2D eigenvalue weighted by Gasteiger charge is 2.30. The summed E-state index contributed by atoms with van der Waals surface area (Å²) in [7, 11) is 0.